The molecule has 2 aliphatic rings. The highest BCUT2D eigenvalue weighted by Gasteiger charge is 2.47. The molecule has 0 radical (unpaired) electrons. The molecule has 0 bridgehead atoms. The predicted octanol–water partition coefficient (Wildman–Crippen LogP) is 5.23. The molecule has 0 saturated carbocycles. The summed E-state index contributed by atoms with van der Waals surface area (Å²) in [5, 5.41) is 3.03. The number of nitrogens with one attached hydrogen (secondary N) is 1. The Labute approximate surface area is 227 Å². The van der Waals surface area contributed by atoms with E-state index in [1.54, 1.807) is 0 Å². The first-order chi connectivity index (χ1) is 18.5. The van der Waals surface area contributed by atoms with Gasteiger partial charge in [-0.25, -0.2) is 15.0 Å². The summed E-state index contributed by atoms with van der Waals surface area (Å²) in [6, 6.07) is 3.43. The average molecular weight is 564 g/mol. The smallest absolute Gasteiger partial charge is 0.416 e. The molecule has 1 spiro atoms. The Morgan fingerprint density at radius 1 is 1.18 bits per heavy atom. The van der Waals surface area contributed by atoms with E-state index in [0.717, 1.165) is 36.6 Å². The van der Waals surface area contributed by atoms with E-state index in [4.69, 9.17) is 14.2 Å². The van der Waals surface area contributed by atoms with E-state index in [1.807, 2.05) is 0 Å². The monoisotopic (exact) mass is 563 g/mol. The maximum Gasteiger partial charge on any atom is 0.416 e. The molecular weight excluding hydrogens is 535 g/mol. The number of likely N-dealkylation sites (tertiary alicyclic amines) is 1. The molecule has 1 fully saturated rings. The normalized spacial score (nSPS) is 16.4. The summed E-state index contributed by atoms with van der Waals surface area (Å²) in [6.07, 6.45) is -2.14. The zero-order valence-electron chi connectivity index (χ0n) is 21.9. The van der Waals surface area contributed by atoms with Gasteiger partial charge in [0.15, 0.2) is 10.7 Å². The van der Waals surface area contributed by atoms with E-state index in [0.29, 0.717) is 30.0 Å². The van der Waals surface area contributed by atoms with Crippen LogP contribution in [0.5, 0.6) is 17.5 Å². The standard InChI is InChI=1S/C26H28F3N5O4S/c1-14(2)12-34-9-7-25(8-10-34)20-19(16-6-5-15(26(27,28)29)11-17(16)38-25)32-24(39-20)33-21(35)18-22(36-3)30-13-31-23(18)37-4/h5-6,11,13-14H,7-10,12H2,1-4H3,(H,32,33,35). The first kappa shape index (κ1) is 27.1. The summed E-state index contributed by atoms with van der Waals surface area (Å²) in [5.74, 6) is 0.0894. The number of hydrogen-bond donors (Lipinski definition) is 1. The number of thiazole rings is 1. The van der Waals surface area contributed by atoms with Gasteiger partial charge in [-0.3, -0.25) is 10.1 Å². The van der Waals surface area contributed by atoms with Gasteiger partial charge in [-0.15, -0.1) is 0 Å². The van der Waals surface area contributed by atoms with Crippen molar-refractivity contribution in [3.05, 3.63) is 40.5 Å². The number of amides is 1. The molecule has 13 heteroatoms. The second-order valence-electron chi connectivity index (χ2n) is 9.92. The minimum absolute atomic E-state index is 0.00107. The molecule has 1 N–H and O–H groups in total. The molecule has 2 aromatic heterocycles. The van der Waals surface area contributed by atoms with Crippen LogP contribution >= 0.6 is 11.3 Å². The van der Waals surface area contributed by atoms with Gasteiger partial charge in [0.05, 0.1) is 30.4 Å². The number of alkyl halides is 3. The lowest BCUT2D eigenvalue weighted by Gasteiger charge is -2.44. The Hall–Kier alpha value is -3.45. The van der Waals surface area contributed by atoms with Crippen LogP contribution in [-0.4, -0.2) is 59.6 Å². The summed E-state index contributed by atoms with van der Waals surface area (Å²) < 4.78 is 57.5. The third-order valence-electron chi connectivity index (χ3n) is 6.81. The Kier molecular flexibility index (Phi) is 7.14. The van der Waals surface area contributed by atoms with E-state index >= 15 is 0 Å². The molecular formula is C26H28F3N5O4S. The van der Waals surface area contributed by atoms with Gasteiger partial charge in [-0.1, -0.05) is 25.2 Å². The number of methoxy groups -OCH3 is 2. The number of carbonyl (C=O) groups is 1. The molecule has 0 aliphatic carbocycles. The second-order valence-corrected chi connectivity index (χ2v) is 10.9. The summed E-state index contributed by atoms with van der Waals surface area (Å²) in [7, 11) is 2.75. The van der Waals surface area contributed by atoms with Crippen LogP contribution in [0.15, 0.2) is 24.5 Å². The van der Waals surface area contributed by atoms with Crippen molar-refractivity contribution in [1.29, 1.82) is 0 Å². The Morgan fingerprint density at radius 3 is 2.44 bits per heavy atom. The van der Waals surface area contributed by atoms with E-state index < -0.39 is 23.2 Å². The molecule has 4 heterocycles. The van der Waals surface area contributed by atoms with Crippen LogP contribution in [0.4, 0.5) is 18.3 Å². The third kappa shape index (κ3) is 5.12. The zero-order chi connectivity index (χ0) is 27.9. The van der Waals surface area contributed by atoms with Gasteiger partial charge >= 0.3 is 6.18 Å². The Morgan fingerprint density at radius 2 is 1.85 bits per heavy atom. The van der Waals surface area contributed by atoms with Crippen molar-refractivity contribution in [1.82, 2.24) is 19.9 Å². The number of hydrogen-bond acceptors (Lipinski definition) is 9. The van der Waals surface area contributed by atoms with Crippen LogP contribution in [0.2, 0.25) is 0 Å². The molecule has 0 atom stereocenters. The lowest BCUT2D eigenvalue weighted by atomic mass is 9.84. The number of fused-ring (bicyclic) bond motifs is 4. The Bertz CT molecular complexity index is 1360. The van der Waals surface area contributed by atoms with Crippen molar-refractivity contribution >= 4 is 22.4 Å². The maximum absolute atomic E-state index is 13.5. The molecule has 1 saturated heterocycles. The van der Waals surface area contributed by atoms with Crippen molar-refractivity contribution in [3.8, 4) is 28.8 Å². The lowest BCUT2D eigenvalue weighted by molar-refractivity contribution is -0.137. The highest BCUT2D eigenvalue weighted by atomic mass is 32.1. The Balaban J connectivity index is 1.54. The number of benzene rings is 1. The van der Waals surface area contributed by atoms with Crippen LogP contribution in [0, 0.1) is 5.92 Å². The number of rotatable bonds is 6. The average Bonchev–Trinajstić information content (AvgIpc) is 3.33. The highest BCUT2D eigenvalue weighted by Crippen LogP contribution is 2.53. The number of ether oxygens (including phenoxy) is 3. The molecule has 39 heavy (non-hydrogen) atoms. The quantitative estimate of drug-likeness (QED) is 0.436. The number of anilines is 1. The van der Waals surface area contributed by atoms with Crippen LogP contribution < -0.4 is 19.5 Å². The zero-order valence-corrected chi connectivity index (χ0v) is 22.7. The van der Waals surface area contributed by atoms with Crippen molar-refractivity contribution in [2.24, 2.45) is 5.92 Å². The van der Waals surface area contributed by atoms with Gasteiger partial charge in [0.25, 0.3) is 5.91 Å². The molecule has 9 nitrogen and oxygen atoms in total. The fourth-order valence-electron chi connectivity index (χ4n) is 5.06. The van der Waals surface area contributed by atoms with Gasteiger partial charge in [0.2, 0.25) is 11.8 Å². The molecule has 2 aliphatic heterocycles. The second kappa shape index (κ2) is 10.3. The van der Waals surface area contributed by atoms with Crippen LogP contribution in [-0.2, 0) is 11.8 Å². The largest absolute Gasteiger partial charge is 0.481 e. The fourth-order valence-corrected chi connectivity index (χ4v) is 6.22. The molecule has 3 aromatic rings. The van der Waals surface area contributed by atoms with Gasteiger partial charge in [-0.2, -0.15) is 13.2 Å². The van der Waals surface area contributed by atoms with E-state index in [2.05, 4.69) is 39.0 Å². The lowest BCUT2D eigenvalue weighted by Crippen LogP contribution is -2.47. The van der Waals surface area contributed by atoms with Crippen molar-refractivity contribution in [2.75, 3.05) is 39.2 Å². The third-order valence-corrected chi connectivity index (χ3v) is 7.97. The predicted molar refractivity (Wildman–Crippen MR) is 138 cm³/mol. The number of nitrogens with zero attached hydrogens (tertiary/aromatic N) is 4. The molecule has 5 rings (SSSR count). The van der Waals surface area contributed by atoms with Gasteiger partial charge in [0, 0.05) is 38.0 Å². The number of aromatic nitrogens is 3. The van der Waals surface area contributed by atoms with E-state index in [1.165, 1.54) is 38.0 Å². The number of carbonyl (C=O) groups excluding carboxylic acids is 1. The minimum Gasteiger partial charge on any atom is -0.481 e. The minimum atomic E-state index is -4.51. The highest BCUT2D eigenvalue weighted by molar-refractivity contribution is 7.16. The molecule has 208 valence electrons. The number of halogens is 3. The first-order valence-electron chi connectivity index (χ1n) is 12.4. The molecule has 1 amide bonds. The van der Waals surface area contributed by atoms with Crippen LogP contribution in [0.3, 0.4) is 0 Å². The van der Waals surface area contributed by atoms with Crippen molar-refractivity contribution in [3.63, 3.8) is 0 Å². The van der Waals surface area contributed by atoms with Crippen molar-refractivity contribution in [2.45, 2.75) is 38.5 Å². The summed E-state index contributed by atoms with van der Waals surface area (Å²) in [5.41, 5.74) is -0.691. The summed E-state index contributed by atoms with van der Waals surface area (Å²) >= 11 is 1.25. The van der Waals surface area contributed by atoms with Crippen LogP contribution in [0.1, 0.15) is 47.5 Å². The van der Waals surface area contributed by atoms with Crippen LogP contribution in [0.25, 0.3) is 11.3 Å². The van der Waals surface area contributed by atoms with Gasteiger partial charge in [0.1, 0.15) is 17.7 Å². The summed E-state index contributed by atoms with van der Waals surface area (Å²) in [6.45, 7) is 6.66. The molecule has 1 aromatic carbocycles. The van der Waals surface area contributed by atoms with E-state index in [9.17, 15) is 18.0 Å². The topological polar surface area (TPSA) is 98.7 Å². The SMILES string of the molecule is COc1ncnc(OC)c1C(=O)Nc1nc2c(s1)C1(CCN(CC(C)C)CC1)Oc1cc(C(F)(F)F)ccc1-2. The number of piperidine rings is 1. The first-order valence-corrected chi connectivity index (χ1v) is 13.2. The van der Waals surface area contributed by atoms with Crippen molar-refractivity contribution < 1.29 is 32.2 Å². The van der Waals surface area contributed by atoms with Gasteiger partial charge in [-0.05, 0) is 24.1 Å². The fraction of sp³-hybridized carbons (Fsp3) is 0.462. The maximum atomic E-state index is 13.5. The summed E-state index contributed by atoms with van der Waals surface area (Å²) in [4.78, 5) is 29.0. The van der Waals surface area contributed by atoms with Gasteiger partial charge < -0.3 is 19.1 Å². The molecule has 0 unspecified atom stereocenters. The van der Waals surface area contributed by atoms with E-state index in [-0.39, 0.29) is 28.2 Å².